The van der Waals surface area contributed by atoms with E-state index >= 15 is 0 Å². The number of hydrogen-bond acceptors (Lipinski definition) is 4. The predicted octanol–water partition coefficient (Wildman–Crippen LogP) is 3.86. The normalized spacial score (nSPS) is 10.7. The van der Waals surface area contributed by atoms with Crippen LogP contribution in [0.25, 0.3) is 0 Å². The van der Waals surface area contributed by atoms with Crippen LogP contribution in [0.1, 0.15) is 45.6 Å². The summed E-state index contributed by atoms with van der Waals surface area (Å²) in [5.41, 5.74) is 5.61. The third-order valence-electron chi connectivity index (χ3n) is 3.18. The van der Waals surface area contributed by atoms with Crippen LogP contribution in [0, 0.1) is 0 Å². The van der Waals surface area contributed by atoms with Crippen molar-refractivity contribution in [1.82, 2.24) is 4.90 Å². The van der Waals surface area contributed by atoms with Crippen LogP contribution in [0.5, 0.6) is 0 Å². The van der Waals surface area contributed by atoms with E-state index in [1.165, 1.54) is 5.56 Å². The molecule has 0 unspecified atom stereocenters. The highest BCUT2D eigenvalue weighted by Gasteiger charge is 2.18. The molecule has 0 aromatic heterocycles. The van der Waals surface area contributed by atoms with Gasteiger partial charge in [0.25, 0.3) is 0 Å². The maximum absolute atomic E-state index is 11.8. The molecule has 0 aliphatic heterocycles. The summed E-state index contributed by atoms with van der Waals surface area (Å²) in [5, 5.41) is 8.54. The number of amides is 1. The minimum Gasteiger partial charge on any atom is -0.444 e. The fraction of sp³-hybridized carbons (Fsp3) is 0.632. The second-order valence-corrected chi connectivity index (χ2v) is 7.29. The lowest BCUT2D eigenvalue weighted by atomic mass is 10.1. The number of carbonyl (C=O) groups is 1. The van der Waals surface area contributed by atoms with Gasteiger partial charge in [0.2, 0.25) is 0 Å². The van der Waals surface area contributed by atoms with Crippen LogP contribution in [0.2, 0.25) is 5.02 Å². The molecule has 1 aromatic rings. The van der Waals surface area contributed by atoms with Crippen LogP contribution in [-0.2, 0) is 11.2 Å². The van der Waals surface area contributed by atoms with Gasteiger partial charge in [-0.2, -0.15) is 0 Å². The van der Waals surface area contributed by atoms with Crippen molar-refractivity contribution in [2.45, 2.75) is 52.1 Å². The molecule has 0 spiro atoms. The van der Waals surface area contributed by atoms with Gasteiger partial charge in [-0.3, -0.25) is 0 Å². The number of aliphatic hydroxyl groups is 1. The number of aliphatic hydroxyl groups excluding tert-OH is 1. The third kappa shape index (κ3) is 13.6. The van der Waals surface area contributed by atoms with E-state index in [4.69, 9.17) is 27.2 Å². The average Bonchev–Trinajstić information content (AvgIpc) is 2.53. The highest BCUT2D eigenvalue weighted by atomic mass is 35.5. The molecule has 144 valence electrons. The van der Waals surface area contributed by atoms with Crippen molar-refractivity contribution in [2.24, 2.45) is 5.73 Å². The van der Waals surface area contributed by atoms with E-state index < -0.39 is 5.60 Å². The number of benzene rings is 1. The van der Waals surface area contributed by atoms with Crippen LogP contribution in [0.15, 0.2) is 24.3 Å². The molecule has 0 atom stereocenters. The zero-order chi connectivity index (χ0) is 19.3. The first-order valence-corrected chi connectivity index (χ1v) is 9.07. The summed E-state index contributed by atoms with van der Waals surface area (Å²) < 4.78 is 5.31. The molecule has 3 N–H and O–H groups in total. The Balaban J connectivity index is 0.00000129. The van der Waals surface area contributed by atoms with Gasteiger partial charge in [-0.1, -0.05) is 30.2 Å². The summed E-state index contributed by atoms with van der Waals surface area (Å²) in [5.74, 6) is 0. The number of nitrogens with zero attached hydrogens (tertiary/aromatic N) is 1. The molecule has 1 amide bonds. The highest BCUT2D eigenvalue weighted by Crippen LogP contribution is 2.14. The summed E-state index contributed by atoms with van der Waals surface area (Å²) in [4.78, 5) is 13.4. The standard InChI is InChI=1S/C17H26ClNO2.C2H7NO/c1-17(2,3)21-16(20)19(4)12-7-5-6-9-14-10-8-11-15(18)13-14;3-1-2-4/h8,10-11,13H,5-7,9,12H2,1-4H3;4H,1-3H2. The van der Waals surface area contributed by atoms with Crippen molar-refractivity contribution in [1.29, 1.82) is 0 Å². The van der Waals surface area contributed by atoms with Crippen molar-refractivity contribution < 1.29 is 14.6 Å². The molecule has 0 fully saturated rings. The van der Waals surface area contributed by atoms with Crippen molar-refractivity contribution in [2.75, 3.05) is 26.7 Å². The largest absolute Gasteiger partial charge is 0.444 e. The summed E-state index contributed by atoms with van der Waals surface area (Å²) in [6.07, 6.45) is 3.94. The molecule has 25 heavy (non-hydrogen) atoms. The first-order valence-electron chi connectivity index (χ1n) is 8.69. The van der Waals surface area contributed by atoms with E-state index in [1.54, 1.807) is 11.9 Å². The molecule has 0 aliphatic carbocycles. The first-order chi connectivity index (χ1) is 11.7. The molecule has 1 rings (SSSR count). The Labute approximate surface area is 157 Å². The van der Waals surface area contributed by atoms with Crippen LogP contribution in [0.4, 0.5) is 4.79 Å². The van der Waals surface area contributed by atoms with Gasteiger partial charge in [-0.15, -0.1) is 0 Å². The fourth-order valence-corrected chi connectivity index (χ4v) is 2.19. The van der Waals surface area contributed by atoms with Gasteiger partial charge in [-0.05, 0) is 57.7 Å². The Morgan fingerprint density at radius 2 is 1.92 bits per heavy atom. The molecule has 0 heterocycles. The SMILES string of the molecule is CN(CCCCCc1cccc(Cl)c1)C(=O)OC(C)(C)C.NCCO. The van der Waals surface area contributed by atoms with Crippen molar-refractivity contribution in [3.63, 3.8) is 0 Å². The Kier molecular flexibility index (Phi) is 12.3. The Bertz CT molecular complexity index is 488. The van der Waals surface area contributed by atoms with E-state index in [9.17, 15) is 4.79 Å². The fourth-order valence-electron chi connectivity index (χ4n) is 1.98. The van der Waals surface area contributed by atoms with Gasteiger partial charge in [0, 0.05) is 25.2 Å². The summed E-state index contributed by atoms with van der Waals surface area (Å²) in [7, 11) is 1.78. The minimum atomic E-state index is -0.433. The lowest BCUT2D eigenvalue weighted by Crippen LogP contribution is -2.34. The number of rotatable bonds is 7. The molecular weight excluding hydrogens is 340 g/mol. The lowest BCUT2D eigenvalue weighted by molar-refractivity contribution is 0.0296. The van der Waals surface area contributed by atoms with Crippen LogP contribution in [-0.4, -0.2) is 48.4 Å². The van der Waals surface area contributed by atoms with Crippen LogP contribution < -0.4 is 5.73 Å². The molecule has 0 saturated heterocycles. The highest BCUT2D eigenvalue weighted by molar-refractivity contribution is 6.30. The van der Waals surface area contributed by atoms with Crippen molar-refractivity contribution in [3.8, 4) is 0 Å². The van der Waals surface area contributed by atoms with E-state index in [0.717, 1.165) is 37.3 Å². The van der Waals surface area contributed by atoms with E-state index in [2.05, 4.69) is 6.07 Å². The van der Waals surface area contributed by atoms with Crippen LogP contribution in [0.3, 0.4) is 0 Å². The average molecular weight is 373 g/mol. The molecular formula is C19H33ClN2O3. The predicted molar refractivity (Wildman–Crippen MR) is 104 cm³/mol. The van der Waals surface area contributed by atoms with Crippen LogP contribution >= 0.6 is 11.6 Å². The van der Waals surface area contributed by atoms with E-state index in [0.29, 0.717) is 6.54 Å². The smallest absolute Gasteiger partial charge is 0.410 e. The molecule has 0 saturated carbocycles. The molecule has 5 nitrogen and oxygen atoms in total. The summed E-state index contributed by atoms with van der Waals surface area (Å²) in [6, 6.07) is 7.97. The van der Waals surface area contributed by atoms with E-state index in [1.807, 2.05) is 39.0 Å². The van der Waals surface area contributed by atoms with Gasteiger partial charge < -0.3 is 20.5 Å². The van der Waals surface area contributed by atoms with Crippen molar-refractivity contribution >= 4 is 17.7 Å². The molecule has 0 radical (unpaired) electrons. The number of unbranched alkanes of at least 4 members (excludes halogenated alkanes) is 2. The van der Waals surface area contributed by atoms with E-state index in [-0.39, 0.29) is 12.7 Å². The summed E-state index contributed by atoms with van der Waals surface area (Å²) >= 11 is 5.96. The number of aryl methyl sites for hydroxylation is 1. The zero-order valence-corrected chi connectivity index (χ0v) is 16.7. The number of nitrogens with two attached hydrogens (primary N) is 1. The molecule has 1 aromatic carbocycles. The first kappa shape index (κ1) is 23.7. The maximum Gasteiger partial charge on any atom is 0.410 e. The Morgan fingerprint density at radius 3 is 2.44 bits per heavy atom. The summed E-state index contributed by atoms with van der Waals surface area (Å²) in [6.45, 7) is 6.83. The Hall–Kier alpha value is -1.30. The number of carbonyl (C=O) groups excluding carboxylic acids is 1. The Morgan fingerprint density at radius 1 is 1.28 bits per heavy atom. The zero-order valence-electron chi connectivity index (χ0n) is 15.9. The topological polar surface area (TPSA) is 75.8 Å². The number of halogens is 1. The third-order valence-corrected chi connectivity index (χ3v) is 3.42. The van der Waals surface area contributed by atoms with Gasteiger partial charge in [-0.25, -0.2) is 4.79 Å². The van der Waals surface area contributed by atoms with Gasteiger partial charge in [0.05, 0.1) is 6.61 Å². The molecule has 0 bridgehead atoms. The number of hydrogen-bond donors (Lipinski definition) is 2. The maximum atomic E-state index is 11.8. The second-order valence-electron chi connectivity index (χ2n) is 6.85. The van der Waals surface area contributed by atoms with Gasteiger partial charge >= 0.3 is 6.09 Å². The number of ether oxygens (including phenoxy) is 1. The van der Waals surface area contributed by atoms with Gasteiger partial charge in [0.1, 0.15) is 5.60 Å². The lowest BCUT2D eigenvalue weighted by Gasteiger charge is -2.24. The second kappa shape index (κ2) is 13.0. The molecule has 6 heteroatoms. The monoisotopic (exact) mass is 372 g/mol. The van der Waals surface area contributed by atoms with Gasteiger partial charge in [0.15, 0.2) is 0 Å². The quantitative estimate of drug-likeness (QED) is 0.712. The minimum absolute atomic E-state index is 0.0972. The van der Waals surface area contributed by atoms with Crippen molar-refractivity contribution in [3.05, 3.63) is 34.9 Å². The molecule has 0 aliphatic rings.